The van der Waals surface area contributed by atoms with Gasteiger partial charge in [-0.3, -0.25) is 0 Å². The Balaban J connectivity index is 1.98. The molecule has 0 saturated heterocycles. The maximum atomic E-state index is 3.98. The van der Waals surface area contributed by atoms with Crippen molar-refractivity contribution in [3.05, 3.63) is 67.1 Å². The number of rotatable bonds is 9. The van der Waals surface area contributed by atoms with Crippen LogP contribution in [0, 0.1) is 6.92 Å². The van der Waals surface area contributed by atoms with E-state index in [-0.39, 0.29) is 0 Å². The molecule has 2 aromatic carbocycles. The van der Waals surface area contributed by atoms with E-state index in [0.29, 0.717) is 0 Å². The summed E-state index contributed by atoms with van der Waals surface area (Å²) in [7, 11) is 0. The van der Waals surface area contributed by atoms with Crippen molar-refractivity contribution in [1.82, 2.24) is 0 Å². The molecule has 1 heteroatoms. The first-order valence-electron chi connectivity index (χ1n) is 8.56. The van der Waals surface area contributed by atoms with Crippen molar-refractivity contribution in [2.75, 3.05) is 11.4 Å². The van der Waals surface area contributed by atoms with Gasteiger partial charge in [0.2, 0.25) is 0 Å². The van der Waals surface area contributed by atoms with Crippen LogP contribution in [-0.4, -0.2) is 6.54 Å². The predicted octanol–water partition coefficient (Wildman–Crippen LogP) is 6.37. The zero-order valence-corrected chi connectivity index (χ0v) is 13.8. The van der Waals surface area contributed by atoms with Gasteiger partial charge in [0.15, 0.2) is 0 Å². The van der Waals surface area contributed by atoms with Crippen molar-refractivity contribution < 1.29 is 0 Å². The van der Waals surface area contributed by atoms with Gasteiger partial charge in [0.05, 0.1) is 0 Å². The molecule has 0 aliphatic rings. The van der Waals surface area contributed by atoms with E-state index in [0.717, 1.165) is 12.1 Å². The summed E-state index contributed by atoms with van der Waals surface area (Å²) in [5.41, 5.74) is 3.59. The van der Waals surface area contributed by atoms with E-state index in [9.17, 15) is 0 Å². The van der Waals surface area contributed by atoms with Crippen LogP contribution in [-0.2, 0) is 0 Å². The van der Waals surface area contributed by atoms with Crippen LogP contribution >= 0.6 is 0 Å². The van der Waals surface area contributed by atoms with Crippen LogP contribution in [0.5, 0.6) is 0 Å². The van der Waals surface area contributed by atoms with Crippen molar-refractivity contribution in [2.24, 2.45) is 0 Å². The Morgan fingerprint density at radius 1 is 0.727 bits per heavy atom. The molecule has 1 radical (unpaired) electrons. The Hall–Kier alpha value is -1.76. The molecular weight excluding hydrogens is 266 g/mol. The quantitative estimate of drug-likeness (QED) is 0.486. The normalized spacial score (nSPS) is 10.6. The molecule has 0 aliphatic carbocycles. The lowest BCUT2D eigenvalue weighted by Crippen LogP contribution is -2.18. The molecule has 0 aliphatic heterocycles. The third-order valence-corrected chi connectivity index (χ3v) is 4.05. The Kier molecular flexibility index (Phi) is 7.02. The highest BCUT2D eigenvalue weighted by atomic mass is 15.1. The Bertz CT molecular complexity index is 515. The van der Waals surface area contributed by atoms with Crippen molar-refractivity contribution in [3.8, 4) is 0 Å². The van der Waals surface area contributed by atoms with E-state index in [1.807, 2.05) is 0 Å². The van der Waals surface area contributed by atoms with Crippen LogP contribution in [0.15, 0.2) is 54.6 Å². The molecule has 2 aromatic rings. The number of hydrogen-bond acceptors (Lipinski definition) is 1. The van der Waals surface area contributed by atoms with Crippen LogP contribution in [0.1, 0.15) is 51.0 Å². The average molecular weight is 294 g/mol. The molecule has 0 fully saturated rings. The molecule has 22 heavy (non-hydrogen) atoms. The zero-order valence-electron chi connectivity index (χ0n) is 13.8. The monoisotopic (exact) mass is 294 g/mol. The molecule has 0 N–H and O–H groups in total. The maximum Gasteiger partial charge on any atom is 0.0410 e. The van der Waals surface area contributed by atoms with E-state index in [4.69, 9.17) is 0 Å². The van der Waals surface area contributed by atoms with Crippen molar-refractivity contribution in [1.29, 1.82) is 0 Å². The lowest BCUT2D eigenvalue weighted by molar-refractivity contribution is 0.609. The van der Waals surface area contributed by atoms with Gasteiger partial charge in [0, 0.05) is 17.9 Å². The maximum absolute atomic E-state index is 3.98. The molecule has 0 atom stereocenters. The second-order valence-corrected chi connectivity index (χ2v) is 5.92. The fourth-order valence-electron chi connectivity index (χ4n) is 2.74. The Morgan fingerprint density at radius 2 is 1.32 bits per heavy atom. The zero-order chi connectivity index (χ0) is 15.6. The van der Waals surface area contributed by atoms with Crippen LogP contribution in [0.2, 0.25) is 0 Å². The smallest absolute Gasteiger partial charge is 0.0410 e. The molecule has 2 rings (SSSR count). The number of nitrogens with zero attached hydrogens (tertiary/aromatic N) is 1. The summed E-state index contributed by atoms with van der Waals surface area (Å²) in [4.78, 5) is 2.42. The van der Waals surface area contributed by atoms with Gasteiger partial charge in [0.1, 0.15) is 0 Å². The first-order chi connectivity index (χ1) is 10.8. The van der Waals surface area contributed by atoms with E-state index in [2.05, 4.69) is 73.3 Å². The lowest BCUT2D eigenvalue weighted by atomic mass is 10.1. The van der Waals surface area contributed by atoms with Crippen LogP contribution in [0.25, 0.3) is 0 Å². The summed E-state index contributed by atoms with van der Waals surface area (Å²) in [5.74, 6) is 0. The van der Waals surface area contributed by atoms with Crippen LogP contribution in [0.4, 0.5) is 11.4 Å². The van der Waals surface area contributed by atoms with Gasteiger partial charge < -0.3 is 4.90 Å². The van der Waals surface area contributed by atoms with E-state index >= 15 is 0 Å². The third kappa shape index (κ3) is 5.22. The molecule has 1 nitrogen and oxygen atoms in total. The van der Waals surface area contributed by atoms with Gasteiger partial charge in [0.25, 0.3) is 0 Å². The molecule has 0 amide bonds. The molecule has 0 heterocycles. The fourth-order valence-corrected chi connectivity index (χ4v) is 2.74. The first kappa shape index (κ1) is 16.6. The minimum absolute atomic E-state index is 1.07. The predicted molar refractivity (Wildman–Crippen MR) is 97.7 cm³/mol. The van der Waals surface area contributed by atoms with Crippen molar-refractivity contribution >= 4 is 11.4 Å². The van der Waals surface area contributed by atoms with E-state index < -0.39 is 0 Å². The summed E-state index contributed by atoms with van der Waals surface area (Å²) in [5, 5.41) is 0. The molecule has 0 unspecified atom stereocenters. The molecule has 0 bridgehead atoms. The summed E-state index contributed by atoms with van der Waals surface area (Å²) in [6.07, 6.45) is 7.97. The second-order valence-electron chi connectivity index (χ2n) is 5.92. The Morgan fingerprint density at radius 3 is 2.00 bits per heavy atom. The van der Waals surface area contributed by atoms with Gasteiger partial charge in [-0.1, -0.05) is 69.4 Å². The van der Waals surface area contributed by atoms with Gasteiger partial charge >= 0.3 is 0 Å². The first-order valence-corrected chi connectivity index (χ1v) is 8.56. The molecule has 0 aromatic heterocycles. The fraction of sp³-hybridized carbons (Fsp3) is 0.381. The average Bonchev–Trinajstić information content (AvgIpc) is 2.56. The van der Waals surface area contributed by atoms with E-state index in [1.165, 1.54) is 49.9 Å². The number of para-hydroxylation sites is 1. The number of anilines is 2. The minimum atomic E-state index is 1.07. The second kappa shape index (κ2) is 9.30. The summed E-state index contributed by atoms with van der Waals surface area (Å²) in [6, 6.07) is 19.2. The molecule has 0 spiro atoms. The van der Waals surface area contributed by atoms with Gasteiger partial charge in [-0.05, 0) is 43.2 Å². The highest BCUT2D eigenvalue weighted by Crippen LogP contribution is 2.26. The molecule has 117 valence electrons. The van der Waals surface area contributed by atoms with E-state index in [1.54, 1.807) is 0 Å². The van der Waals surface area contributed by atoms with Gasteiger partial charge in [-0.25, -0.2) is 0 Å². The number of hydrogen-bond donors (Lipinski definition) is 0. The number of unbranched alkanes of at least 4 members (excludes halogenated alkanes) is 5. The molecule has 0 saturated carbocycles. The van der Waals surface area contributed by atoms with Gasteiger partial charge in [-0.15, -0.1) is 0 Å². The van der Waals surface area contributed by atoms with Crippen molar-refractivity contribution in [3.63, 3.8) is 0 Å². The standard InChI is InChI=1S/C21H28N/c1-3-4-5-6-7-11-18-22(20-12-9-8-10-13-20)21-16-14-19(2)15-17-21/h8-10,12-17H,2-7,11,18H2,1H3. The highest BCUT2D eigenvalue weighted by molar-refractivity contribution is 5.63. The topological polar surface area (TPSA) is 3.24 Å². The summed E-state index contributed by atoms with van der Waals surface area (Å²) in [6.45, 7) is 7.32. The largest absolute Gasteiger partial charge is 0.341 e. The summed E-state index contributed by atoms with van der Waals surface area (Å²) < 4.78 is 0. The summed E-state index contributed by atoms with van der Waals surface area (Å²) >= 11 is 0. The molecular formula is C21H28N. The third-order valence-electron chi connectivity index (χ3n) is 4.05. The lowest BCUT2D eigenvalue weighted by Gasteiger charge is -2.25. The van der Waals surface area contributed by atoms with Gasteiger partial charge in [-0.2, -0.15) is 0 Å². The Labute approximate surface area is 136 Å². The van der Waals surface area contributed by atoms with Crippen molar-refractivity contribution in [2.45, 2.75) is 45.4 Å². The minimum Gasteiger partial charge on any atom is -0.341 e. The number of benzene rings is 2. The highest BCUT2D eigenvalue weighted by Gasteiger charge is 2.08. The van der Waals surface area contributed by atoms with Crippen LogP contribution in [0.3, 0.4) is 0 Å². The SMILES string of the molecule is [CH2]c1ccc(N(CCCCCCCC)c2ccccc2)cc1. The van der Waals surface area contributed by atoms with Crippen LogP contribution < -0.4 is 4.90 Å².